The molecule has 0 spiro atoms. The van der Waals surface area contributed by atoms with Gasteiger partial charge in [-0.05, 0) is 0 Å². The van der Waals surface area contributed by atoms with E-state index in [1.165, 1.54) is 0 Å². The van der Waals surface area contributed by atoms with Gasteiger partial charge in [-0.25, -0.2) is 5.53 Å². The summed E-state index contributed by atoms with van der Waals surface area (Å²) in [6.07, 6.45) is 0.184. The maximum Gasteiger partial charge on any atom is 0.219 e. The van der Waals surface area contributed by atoms with E-state index < -0.39 is 5.91 Å². The molecular formula is C3H7N3O. The van der Waals surface area contributed by atoms with Crippen LogP contribution in [0, 0.1) is 5.53 Å². The highest BCUT2D eigenvalue weighted by Crippen LogP contribution is 1.74. The lowest BCUT2D eigenvalue weighted by molar-refractivity contribution is -0.117. The minimum Gasteiger partial charge on any atom is -0.370 e. The Bertz CT molecular complexity index is 80.2. The van der Waals surface area contributed by atoms with Crippen LogP contribution in [0.2, 0.25) is 0 Å². The van der Waals surface area contributed by atoms with Gasteiger partial charge in [0.1, 0.15) is 0 Å². The van der Waals surface area contributed by atoms with Crippen molar-refractivity contribution in [2.75, 3.05) is 6.54 Å². The van der Waals surface area contributed by atoms with E-state index >= 15 is 0 Å². The van der Waals surface area contributed by atoms with E-state index in [4.69, 9.17) is 11.3 Å². The molecule has 0 rings (SSSR count). The molecule has 4 heteroatoms. The van der Waals surface area contributed by atoms with Crippen molar-refractivity contribution in [1.82, 2.24) is 0 Å². The van der Waals surface area contributed by atoms with Gasteiger partial charge in [0.15, 0.2) is 0 Å². The highest BCUT2D eigenvalue weighted by Gasteiger charge is 1.87. The third-order valence-corrected chi connectivity index (χ3v) is 0.470. The summed E-state index contributed by atoms with van der Waals surface area (Å²) in [7, 11) is 0. The van der Waals surface area contributed by atoms with E-state index in [0.29, 0.717) is 0 Å². The highest BCUT2D eigenvalue weighted by molar-refractivity contribution is 5.73. The summed E-state index contributed by atoms with van der Waals surface area (Å²) in [6, 6.07) is 0. The molecule has 4 nitrogen and oxygen atoms in total. The minimum atomic E-state index is -0.406. The van der Waals surface area contributed by atoms with E-state index in [9.17, 15) is 4.79 Å². The molecule has 1 amide bonds. The van der Waals surface area contributed by atoms with Gasteiger partial charge in [0.05, 0.1) is 6.54 Å². The third-order valence-electron chi connectivity index (χ3n) is 0.470. The van der Waals surface area contributed by atoms with Crippen LogP contribution in [0.4, 0.5) is 0 Å². The van der Waals surface area contributed by atoms with Gasteiger partial charge in [0.25, 0.3) is 0 Å². The van der Waals surface area contributed by atoms with Crippen molar-refractivity contribution in [3.63, 3.8) is 0 Å². The molecule has 7 heavy (non-hydrogen) atoms. The van der Waals surface area contributed by atoms with Gasteiger partial charge >= 0.3 is 0 Å². The van der Waals surface area contributed by atoms with Crippen LogP contribution in [-0.2, 0) is 4.79 Å². The topological polar surface area (TPSA) is 79.3 Å². The van der Waals surface area contributed by atoms with Gasteiger partial charge in [-0.15, -0.1) is 0 Å². The third kappa shape index (κ3) is 5.07. The first kappa shape index (κ1) is 6.07. The van der Waals surface area contributed by atoms with Crippen LogP contribution in [-0.4, -0.2) is 12.5 Å². The number of nitrogens with two attached hydrogens (primary N) is 1. The highest BCUT2D eigenvalue weighted by atomic mass is 16.1. The number of nitrogens with zero attached hydrogens (tertiary/aromatic N) is 1. The van der Waals surface area contributed by atoms with E-state index in [2.05, 4.69) is 5.11 Å². The quantitative estimate of drug-likeness (QED) is 0.478. The summed E-state index contributed by atoms with van der Waals surface area (Å²) in [5, 5.41) is 2.92. The molecule has 40 valence electrons. The number of hydrogen-bond donors (Lipinski definition) is 2. The van der Waals surface area contributed by atoms with Gasteiger partial charge < -0.3 is 5.73 Å². The van der Waals surface area contributed by atoms with Crippen LogP contribution in [0.15, 0.2) is 5.11 Å². The molecule has 0 heterocycles. The molecule has 0 aliphatic carbocycles. The van der Waals surface area contributed by atoms with Crippen molar-refractivity contribution >= 4 is 5.91 Å². The average Bonchev–Trinajstić information content (AvgIpc) is 1.61. The molecule has 0 atom stereocenters. The molecule has 0 fully saturated rings. The maximum absolute atomic E-state index is 9.84. The molecule has 0 aliphatic heterocycles. The molecular weight excluding hydrogens is 94.1 g/mol. The molecule has 0 saturated carbocycles. The first-order valence-electron chi connectivity index (χ1n) is 1.89. The van der Waals surface area contributed by atoms with Crippen LogP contribution < -0.4 is 5.73 Å². The van der Waals surface area contributed by atoms with Gasteiger partial charge in [-0.1, -0.05) is 0 Å². The summed E-state index contributed by atoms with van der Waals surface area (Å²) in [5.74, 6) is -0.406. The summed E-state index contributed by atoms with van der Waals surface area (Å²) < 4.78 is 0. The molecule has 0 aromatic heterocycles. The van der Waals surface area contributed by atoms with E-state index in [1.807, 2.05) is 0 Å². The fourth-order valence-electron chi connectivity index (χ4n) is 0.166. The largest absolute Gasteiger partial charge is 0.370 e. The second-order valence-electron chi connectivity index (χ2n) is 1.10. The van der Waals surface area contributed by atoms with Crippen LogP contribution in [0.25, 0.3) is 0 Å². The van der Waals surface area contributed by atoms with Crippen molar-refractivity contribution in [3.05, 3.63) is 0 Å². The molecule has 0 aromatic carbocycles. The predicted molar refractivity (Wildman–Crippen MR) is 23.8 cm³/mol. The fourth-order valence-corrected chi connectivity index (χ4v) is 0.166. The number of nitrogens with one attached hydrogen (secondary N) is 1. The Kier molecular flexibility index (Phi) is 2.83. The smallest absolute Gasteiger partial charge is 0.219 e. The Labute approximate surface area is 41.2 Å². The molecule has 0 aliphatic rings. The monoisotopic (exact) mass is 101 g/mol. The molecule has 0 aromatic rings. The number of rotatable bonds is 3. The van der Waals surface area contributed by atoms with Crippen molar-refractivity contribution in [2.45, 2.75) is 6.42 Å². The van der Waals surface area contributed by atoms with Crippen molar-refractivity contribution in [1.29, 1.82) is 5.53 Å². The Morgan fingerprint density at radius 1 is 1.86 bits per heavy atom. The van der Waals surface area contributed by atoms with Crippen molar-refractivity contribution in [2.24, 2.45) is 10.8 Å². The maximum atomic E-state index is 9.84. The Morgan fingerprint density at radius 3 is 2.57 bits per heavy atom. The first-order valence-corrected chi connectivity index (χ1v) is 1.89. The van der Waals surface area contributed by atoms with E-state index in [0.717, 1.165) is 0 Å². The number of carbonyl (C=O) groups is 1. The number of carbonyl (C=O) groups excluding carboxylic acids is 1. The van der Waals surface area contributed by atoms with Crippen LogP contribution in [0.3, 0.4) is 0 Å². The molecule has 0 unspecified atom stereocenters. The number of amides is 1. The van der Waals surface area contributed by atoms with E-state index in [-0.39, 0.29) is 13.0 Å². The zero-order valence-corrected chi connectivity index (χ0v) is 3.85. The number of primary amides is 1. The standard InChI is InChI=1S/C3H7N3O/c4-3(7)1-2-6-5/h5H,1-2H2,(H2,4,7). The Balaban J connectivity index is 2.97. The van der Waals surface area contributed by atoms with Gasteiger partial charge in [-0.3, -0.25) is 4.79 Å². The second kappa shape index (κ2) is 3.27. The zero-order valence-electron chi connectivity index (χ0n) is 3.85. The summed E-state index contributed by atoms with van der Waals surface area (Å²) in [4.78, 5) is 9.84. The first-order chi connectivity index (χ1) is 3.27. The lowest BCUT2D eigenvalue weighted by Gasteiger charge is -1.82. The summed E-state index contributed by atoms with van der Waals surface area (Å²) >= 11 is 0. The molecule has 3 N–H and O–H groups in total. The van der Waals surface area contributed by atoms with Gasteiger partial charge in [0.2, 0.25) is 5.91 Å². The molecule has 0 radical (unpaired) electrons. The zero-order chi connectivity index (χ0) is 5.70. The second-order valence-corrected chi connectivity index (χ2v) is 1.10. The fraction of sp³-hybridized carbons (Fsp3) is 0.667. The average molecular weight is 101 g/mol. The Hall–Kier alpha value is -0.930. The summed E-state index contributed by atoms with van der Waals surface area (Å²) in [5.41, 5.74) is 10.9. The van der Waals surface area contributed by atoms with Crippen LogP contribution >= 0.6 is 0 Å². The van der Waals surface area contributed by atoms with Crippen LogP contribution in [0.5, 0.6) is 0 Å². The summed E-state index contributed by atoms with van der Waals surface area (Å²) in [6.45, 7) is 0.218. The Morgan fingerprint density at radius 2 is 2.43 bits per heavy atom. The van der Waals surface area contributed by atoms with Crippen molar-refractivity contribution < 1.29 is 4.79 Å². The lowest BCUT2D eigenvalue weighted by Crippen LogP contribution is -2.10. The molecule has 0 bridgehead atoms. The predicted octanol–water partition coefficient (Wildman–Crippen LogP) is -0.107. The minimum absolute atomic E-state index is 0.184. The number of hydrogen-bond acceptors (Lipinski definition) is 3. The SMILES string of the molecule is N=NCCC(N)=O. The van der Waals surface area contributed by atoms with Crippen molar-refractivity contribution in [3.8, 4) is 0 Å². The van der Waals surface area contributed by atoms with Gasteiger partial charge in [0, 0.05) is 6.42 Å². The van der Waals surface area contributed by atoms with Gasteiger partial charge in [-0.2, -0.15) is 5.11 Å². The van der Waals surface area contributed by atoms with Crippen LogP contribution in [0.1, 0.15) is 6.42 Å². The molecule has 0 saturated heterocycles. The van der Waals surface area contributed by atoms with E-state index in [1.54, 1.807) is 0 Å². The lowest BCUT2D eigenvalue weighted by atomic mass is 10.4. The normalized spacial score (nSPS) is 8.00.